The van der Waals surface area contributed by atoms with Crippen molar-refractivity contribution in [3.05, 3.63) is 18.2 Å². The average molecular weight is 622 g/mol. The highest BCUT2D eigenvalue weighted by Gasteiger charge is 2.42. The summed E-state index contributed by atoms with van der Waals surface area (Å²) in [7, 11) is 0. The normalized spacial score (nSPS) is 24.3. The number of amides is 5. The molecular formula is C29H47N7O6S. The first-order chi connectivity index (χ1) is 20.9. The van der Waals surface area contributed by atoms with Gasteiger partial charge in [0, 0.05) is 49.7 Å². The summed E-state index contributed by atoms with van der Waals surface area (Å²) in [6.07, 6.45) is 12.3. The minimum absolute atomic E-state index is 0.00811. The molecule has 14 heteroatoms. The van der Waals surface area contributed by atoms with Gasteiger partial charge >= 0.3 is 6.03 Å². The van der Waals surface area contributed by atoms with Gasteiger partial charge in [0.25, 0.3) is 5.91 Å². The van der Waals surface area contributed by atoms with Crippen LogP contribution in [0.4, 0.5) is 4.79 Å². The van der Waals surface area contributed by atoms with Crippen molar-refractivity contribution in [2.75, 3.05) is 32.0 Å². The number of urea groups is 1. The number of carbonyl (C=O) groups is 4. The van der Waals surface area contributed by atoms with Crippen LogP contribution in [0.15, 0.2) is 12.5 Å². The summed E-state index contributed by atoms with van der Waals surface area (Å²) < 4.78 is 7.47. The molecule has 1 aromatic heterocycles. The topological polar surface area (TPSA) is 176 Å². The van der Waals surface area contributed by atoms with Crippen molar-refractivity contribution < 1.29 is 29.0 Å². The summed E-state index contributed by atoms with van der Waals surface area (Å²) in [6.45, 7) is 1.69. The fourth-order valence-corrected chi connectivity index (χ4v) is 7.23. The lowest BCUT2D eigenvalue weighted by atomic mass is 10.0. The molecule has 4 heterocycles. The van der Waals surface area contributed by atoms with Crippen LogP contribution in [0.5, 0.6) is 0 Å². The van der Waals surface area contributed by atoms with E-state index in [9.17, 15) is 24.3 Å². The standard InChI is InChI=1S/C29H47N7O6S/c37-17-20-11-12-26(42-20)36-16-21(33-19-36)28(40)32-15-7-6-14-31-24(38)9-2-1-5-13-30-25(39)10-4-3-8-23-27-22(18-43-23)34-29(41)35-27/h16,19-20,22-23,26-27,37H,1-15,17-18H2,(H,30,39)(H,31,38)(H,32,40)(H2,34,35,41)/t20-,22+,23?,26-,27+/m0/s1. The third-order valence-electron chi connectivity index (χ3n) is 8.15. The first-order valence-corrected chi connectivity index (χ1v) is 16.8. The van der Waals surface area contributed by atoms with Crippen molar-refractivity contribution in [1.29, 1.82) is 0 Å². The van der Waals surface area contributed by atoms with E-state index in [-0.39, 0.29) is 54.8 Å². The molecule has 0 spiro atoms. The quantitative estimate of drug-likeness (QED) is 0.0997. The molecule has 3 fully saturated rings. The third kappa shape index (κ3) is 10.7. The third-order valence-corrected chi connectivity index (χ3v) is 9.66. The average Bonchev–Trinajstić information content (AvgIpc) is 3.80. The molecule has 3 aliphatic heterocycles. The number of ether oxygens (including phenoxy) is 1. The van der Waals surface area contributed by atoms with Crippen LogP contribution in [-0.4, -0.2) is 93.8 Å². The lowest BCUT2D eigenvalue weighted by Gasteiger charge is -2.16. The number of thioether (sulfide) groups is 1. The van der Waals surface area contributed by atoms with Gasteiger partial charge in [-0.25, -0.2) is 9.78 Å². The van der Waals surface area contributed by atoms with Crippen LogP contribution in [0.3, 0.4) is 0 Å². The first-order valence-electron chi connectivity index (χ1n) is 15.7. The molecule has 0 aliphatic carbocycles. The Kier molecular flexibility index (Phi) is 13.4. The molecule has 5 atom stereocenters. The molecular weight excluding hydrogens is 574 g/mol. The van der Waals surface area contributed by atoms with E-state index >= 15 is 0 Å². The highest BCUT2D eigenvalue weighted by atomic mass is 32.2. The number of aliphatic hydroxyl groups excluding tert-OH is 1. The number of aromatic nitrogens is 2. The van der Waals surface area contributed by atoms with Gasteiger partial charge in [-0.1, -0.05) is 12.8 Å². The van der Waals surface area contributed by atoms with Crippen molar-refractivity contribution in [3.63, 3.8) is 0 Å². The van der Waals surface area contributed by atoms with Crippen LogP contribution in [0, 0.1) is 0 Å². The minimum atomic E-state index is -0.244. The van der Waals surface area contributed by atoms with E-state index in [1.807, 2.05) is 11.8 Å². The number of unbranched alkanes of at least 4 members (excludes halogenated alkanes) is 4. The molecule has 0 saturated carbocycles. The van der Waals surface area contributed by atoms with Crippen molar-refractivity contribution in [2.45, 2.75) is 107 Å². The molecule has 1 unspecified atom stereocenters. The maximum absolute atomic E-state index is 12.3. The van der Waals surface area contributed by atoms with Gasteiger partial charge in [0.05, 0.1) is 31.1 Å². The van der Waals surface area contributed by atoms with Crippen molar-refractivity contribution >= 4 is 35.5 Å². The SMILES string of the molecule is O=C(CCCCCNC(=O)CCCCC1SC[C@H]2NC(=O)N[C@@H]12)NCCCCNC(=O)c1cn([C@@H]2CC[C@@H](CO)O2)cn1. The second-order valence-corrected chi connectivity index (χ2v) is 12.8. The monoisotopic (exact) mass is 621 g/mol. The molecule has 43 heavy (non-hydrogen) atoms. The Bertz CT molecular complexity index is 1070. The summed E-state index contributed by atoms with van der Waals surface area (Å²) in [4.78, 5) is 52.1. The van der Waals surface area contributed by atoms with Crippen molar-refractivity contribution in [1.82, 2.24) is 36.1 Å². The Balaban J connectivity index is 0.914. The zero-order chi connectivity index (χ0) is 30.4. The summed E-state index contributed by atoms with van der Waals surface area (Å²) in [5, 5.41) is 24.3. The van der Waals surface area contributed by atoms with Crippen LogP contribution in [0.1, 0.15) is 93.8 Å². The molecule has 0 bridgehead atoms. The summed E-state index contributed by atoms with van der Waals surface area (Å²) in [6, 6.07) is 0.399. The van der Waals surface area contributed by atoms with Gasteiger partial charge < -0.3 is 41.0 Å². The van der Waals surface area contributed by atoms with E-state index in [0.29, 0.717) is 43.4 Å². The predicted molar refractivity (Wildman–Crippen MR) is 162 cm³/mol. The lowest BCUT2D eigenvalue weighted by Crippen LogP contribution is -2.36. The number of nitrogens with one attached hydrogen (secondary N) is 5. The fraction of sp³-hybridized carbons (Fsp3) is 0.759. The van der Waals surface area contributed by atoms with Crippen molar-refractivity contribution in [2.24, 2.45) is 0 Å². The number of carbonyl (C=O) groups excluding carboxylic acids is 4. The molecule has 6 N–H and O–H groups in total. The molecule has 13 nitrogen and oxygen atoms in total. The van der Waals surface area contributed by atoms with E-state index in [4.69, 9.17) is 4.74 Å². The van der Waals surface area contributed by atoms with Crippen molar-refractivity contribution in [3.8, 4) is 0 Å². The van der Waals surface area contributed by atoms with E-state index in [0.717, 1.165) is 70.0 Å². The summed E-state index contributed by atoms with van der Waals surface area (Å²) >= 11 is 1.90. The van der Waals surface area contributed by atoms with Crippen LogP contribution < -0.4 is 26.6 Å². The molecule has 3 saturated heterocycles. The van der Waals surface area contributed by atoms with Gasteiger partial charge in [0.2, 0.25) is 11.8 Å². The maximum Gasteiger partial charge on any atom is 0.315 e. The number of fused-ring (bicyclic) bond motifs is 1. The van der Waals surface area contributed by atoms with E-state index in [1.54, 1.807) is 17.1 Å². The largest absolute Gasteiger partial charge is 0.394 e. The first kappa shape index (κ1) is 33.1. The van der Waals surface area contributed by atoms with E-state index < -0.39 is 0 Å². The zero-order valence-electron chi connectivity index (χ0n) is 24.9. The van der Waals surface area contributed by atoms with Gasteiger partial charge in [-0.15, -0.1) is 0 Å². The Morgan fingerprint density at radius 1 is 0.953 bits per heavy atom. The zero-order valence-corrected chi connectivity index (χ0v) is 25.7. The van der Waals surface area contributed by atoms with Gasteiger partial charge in [-0.05, 0) is 51.4 Å². The number of hydrogen-bond acceptors (Lipinski definition) is 8. The Morgan fingerprint density at radius 3 is 2.37 bits per heavy atom. The molecule has 3 aliphatic rings. The molecule has 1 aromatic rings. The van der Waals surface area contributed by atoms with Crippen LogP contribution in [-0.2, 0) is 14.3 Å². The van der Waals surface area contributed by atoms with Gasteiger partial charge in [0.15, 0.2) is 0 Å². The molecule has 0 radical (unpaired) electrons. The van der Waals surface area contributed by atoms with E-state index in [2.05, 4.69) is 31.6 Å². The lowest BCUT2D eigenvalue weighted by molar-refractivity contribution is -0.122. The van der Waals surface area contributed by atoms with Gasteiger partial charge in [-0.2, -0.15) is 11.8 Å². The highest BCUT2D eigenvalue weighted by molar-refractivity contribution is 8.00. The summed E-state index contributed by atoms with van der Waals surface area (Å²) in [5.41, 5.74) is 0.330. The van der Waals surface area contributed by atoms with Gasteiger partial charge in [0.1, 0.15) is 11.9 Å². The molecule has 5 amide bonds. The predicted octanol–water partition coefficient (Wildman–Crippen LogP) is 1.58. The Hall–Kier alpha value is -2.84. The smallest absolute Gasteiger partial charge is 0.315 e. The second-order valence-electron chi connectivity index (χ2n) is 11.5. The number of aliphatic hydroxyl groups is 1. The van der Waals surface area contributed by atoms with Crippen LogP contribution >= 0.6 is 11.8 Å². The van der Waals surface area contributed by atoms with Crippen LogP contribution in [0.2, 0.25) is 0 Å². The van der Waals surface area contributed by atoms with E-state index in [1.165, 1.54) is 0 Å². The van der Waals surface area contributed by atoms with Gasteiger partial charge in [-0.3, -0.25) is 14.4 Å². The molecule has 240 valence electrons. The highest BCUT2D eigenvalue weighted by Crippen LogP contribution is 2.33. The Labute approximate surface area is 257 Å². The number of hydrogen-bond donors (Lipinski definition) is 6. The fourth-order valence-electron chi connectivity index (χ4n) is 5.69. The number of nitrogens with zero attached hydrogens (tertiary/aromatic N) is 2. The van der Waals surface area contributed by atoms with Crippen LogP contribution in [0.25, 0.3) is 0 Å². The minimum Gasteiger partial charge on any atom is -0.394 e. The second kappa shape index (κ2) is 17.5. The Morgan fingerprint density at radius 2 is 1.65 bits per heavy atom. The maximum atomic E-state index is 12.3. The summed E-state index contributed by atoms with van der Waals surface area (Å²) in [5.74, 6) is 0.812. The molecule has 0 aromatic carbocycles. The molecule has 4 rings (SSSR count). The number of imidazole rings is 1. The number of rotatable bonds is 19.